The fourth-order valence-electron chi connectivity index (χ4n) is 3.68. The van der Waals surface area contributed by atoms with E-state index in [0.29, 0.717) is 6.42 Å². The molecule has 14 heteroatoms. The summed E-state index contributed by atoms with van der Waals surface area (Å²) in [5, 5.41) is 0. The first-order chi connectivity index (χ1) is 14.9. The molecule has 2 aromatic heterocycles. The summed E-state index contributed by atoms with van der Waals surface area (Å²) in [6.45, 7) is 3.99. The van der Waals surface area contributed by atoms with Crippen LogP contribution in [0, 0.1) is 0 Å². The van der Waals surface area contributed by atoms with Crippen LogP contribution >= 0.6 is 0 Å². The van der Waals surface area contributed by atoms with Crippen molar-refractivity contribution in [3.8, 4) is 0 Å². The van der Waals surface area contributed by atoms with Crippen LogP contribution in [0.4, 0.5) is 19.1 Å². The van der Waals surface area contributed by atoms with Crippen molar-refractivity contribution >= 4 is 29.1 Å². The zero-order valence-electron chi connectivity index (χ0n) is 17.5. The number of ether oxygens (including phenoxy) is 3. The van der Waals surface area contributed by atoms with Crippen LogP contribution in [0.2, 0.25) is 0 Å². The van der Waals surface area contributed by atoms with Gasteiger partial charge >= 0.3 is 23.8 Å². The summed E-state index contributed by atoms with van der Waals surface area (Å²) in [6.07, 6.45) is -10.7. The van der Waals surface area contributed by atoms with E-state index < -0.39 is 54.8 Å². The van der Waals surface area contributed by atoms with Crippen molar-refractivity contribution in [1.82, 2.24) is 19.1 Å². The van der Waals surface area contributed by atoms with E-state index in [0.717, 1.165) is 18.4 Å². The quantitative estimate of drug-likeness (QED) is 0.630. The van der Waals surface area contributed by atoms with E-state index in [1.165, 1.54) is 10.8 Å². The summed E-state index contributed by atoms with van der Waals surface area (Å²) in [4.78, 5) is 43.9. The van der Waals surface area contributed by atoms with Crippen molar-refractivity contribution in [1.29, 1.82) is 0 Å². The van der Waals surface area contributed by atoms with Crippen LogP contribution in [0.3, 0.4) is 0 Å². The topological polar surface area (TPSA) is 141 Å². The fraction of sp³-hybridized carbons (Fsp3) is 0.611. The van der Waals surface area contributed by atoms with Crippen molar-refractivity contribution < 1.29 is 37.0 Å². The lowest BCUT2D eigenvalue weighted by atomic mass is 10.1. The number of nitrogen functional groups attached to an aromatic ring is 1. The first-order valence-corrected chi connectivity index (χ1v) is 9.73. The number of anilines is 1. The lowest BCUT2D eigenvalue weighted by Gasteiger charge is -2.25. The summed E-state index contributed by atoms with van der Waals surface area (Å²) >= 11 is 0. The van der Waals surface area contributed by atoms with E-state index in [1.54, 1.807) is 0 Å². The van der Waals surface area contributed by atoms with Crippen LogP contribution in [0.1, 0.15) is 39.8 Å². The highest BCUT2D eigenvalue weighted by atomic mass is 19.4. The minimum absolute atomic E-state index is 0.00907. The molecule has 0 saturated carbocycles. The second-order valence-electron chi connectivity index (χ2n) is 7.26. The normalized spacial score (nSPS) is 22.1. The number of aryl methyl sites for hydroxylation is 1. The van der Waals surface area contributed by atoms with Crippen molar-refractivity contribution in [3.63, 3.8) is 0 Å². The number of nitrogens with two attached hydrogens (primary N) is 1. The van der Waals surface area contributed by atoms with Crippen molar-refractivity contribution in [2.45, 2.75) is 70.9 Å². The molecule has 1 saturated heterocycles. The molecule has 0 amide bonds. The van der Waals surface area contributed by atoms with Crippen molar-refractivity contribution in [3.05, 3.63) is 16.7 Å². The predicted molar refractivity (Wildman–Crippen MR) is 102 cm³/mol. The summed E-state index contributed by atoms with van der Waals surface area (Å²) in [7, 11) is 0. The number of nitrogens with zero attached hydrogens (tertiary/aromatic N) is 4. The van der Waals surface area contributed by atoms with E-state index in [9.17, 15) is 27.6 Å². The molecule has 0 spiro atoms. The van der Waals surface area contributed by atoms with Crippen LogP contribution in [-0.2, 0) is 30.3 Å². The van der Waals surface area contributed by atoms with Crippen LogP contribution in [0.5, 0.6) is 0 Å². The lowest BCUT2D eigenvalue weighted by molar-refractivity contribution is -0.248. The molecule has 3 unspecified atom stereocenters. The van der Waals surface area contributed by atoms with Crippen molar-refractivity contribution in [2.75, 3.05) is 5.73 Å². The van der Waals surface area contributed by atoms with E-state index in [-0.39, 0.29) is 23.7 Å². The highest BCUT2D eigenvalue weighted by Crippen LogP contribution is 2.39. The van der Waals surface area contributed by atoms with Gasteiger partial charge in [0.25, 0.3) is 0 Å². The van der Waals surface area contributed by atoms with E-state index in [1.807, 2.05) is 6.92 Å². The number of halogens is 3. The number of hydrogen-bond acceptors (Lipinski definition) is 9. The smallest absolute Gasteiger partial charge is 0.428 e. The molecule has 3 rings (SSSR count). The Hall–Kier alpha value is -3.16. The monoisotopic (exact) mass is 461 g/mol. The van der Waals surface area contributed by atoms with Crippen molar-refractivity contribution in [2.24, 2.45) is 0 Å². The van der Waals surface area contributed by atoms with Gasteiger partial charge in [-0.3, -0.25) is 14.2 Å². The second kappa shape index (κ2) is 8.76. The number of carbonyl (C=O) groups excluding carboxylic acids is 2. The molecule has 3 heterocycles. The molecule has 0 radical (unpaired) electrons. The lowest BCUT2D eigenvalue weighted by Crippen LogP contribution is -2.43. The Morgan fingerprint density at radius 1 is 1.34 bits per heavy atom. The summed E-state index contributed by atoms with van der Waals surface area (Å²) < 4.78 is 58.2. The van der Waals surface area contributed by atoms with Crippen LogP contribution in [0.15, 0.2) is 11.0 Å². The zero-order valence-corrected chi connectivity index (χ0v) is 17.5. The molecule has 0 aromatic carbocycles. The standard InChI is InChI=1S/C18H22F3N5O6/c1-4-5-25-10-7-23-16(22)24-14(10)26(17(25)29)15-12(30-8(2)27)6-11(32-15)13(18(19,20)21)31-9(3)28/h7,11-13,15H,4-6H2,1-3H3,(H2,22,23,24)/t11?,12?,13-,15?/m1/s1. The molecule has 2 N–H and O–H groups in total. The molecular weight excluding hydrogens is 439 g/mol. The van der Waals surface area contributed by atoms with Gasteiger partial charge in [-0.1, -0.05) is 6.92 Å². The van der Waals surface area contributed by atoms with Gasteiger partial charge in [-0.05, 0) is 6.42 Å². The number of carbonyl (C=O) groups is 2. The van der Waals surface area contributed by atoms with Gasteiger partial charge in [0, 0.05) is 26.8 Å². The minimum Gasteiger partial charge on any atom is -0.458 e. The van der Waals surface area contributed by atoms with Gasteiger partial charge in [-0.15, -0.1) is 0 Å². The molecule has 0 aliphatic carbocycles. The first kappa shape index (κ1) is 23.5. The molecule has 4 atom stereocenters. The Balaban J connectivity index is 2.12. The highest BCUT2D eigenvalue weighted by Gasteiger charge is 2.54. The molecular formula is C18H22F3N5O6. The maximum atomic E-state index is 13.6. The number of rotatable bonds is 6. The van der Waals surface area contributed by atoms with Gasteiger partial charge in [0.1, 0.15) is 17.7 Å². The Morgan fingerprint density at radius 2 is 2.03 bits per heavy atom. The molecule has 176 valence electrons. The summed E-state index contributed by atoms with van der Waals surface area (Å²) in [5.41, 5.74) is 5.29. The molecule has 0 bridgehead atoms. The molecule has 2 aromatic rings. The number of imidazole rings is 1. The third-order valence-electron chi connectivity index (χ3n) is 4.79. The number of alkyl halides is 3. The number of hydrogen-bond donors (Lipinski definition) is 1. The van der Waals surface area contributed by atoms with E-state index >= 15 is 0 Å². The number of fused-ring (bicyclic) bond motifs is 1. The molecule has 32 heavy (non-hydrogen) atoms. The Kier molecular flexibility index (Phi) is 6.44. The Labute approximate surface area is 179 Å². The van der Waals surface area contributed by atoms with Gasteiger partial charge < -0.3 is 19.9 Å². The molecule has 1 fully saturated rings. The van der Waals surface area contributed by atoms with Crippen LogP contribution in [-0.4, -0.2) is 55.5 Å². The number of aromatic nitrogens is 4. The Morgan fingerprint density at radius 3 is 2.59 bits per heavy atom. The maximum absolute atomic E-state index is 13.6. The van der Waals surface area contributed by atoms with E-state index in [2.05, 4.69) is 14.7 Å². The minimum atomic E-state index is -4.96. The zero-order chi connectivity index (χ0) is 23.8. The van der Waals surface area contributed by atoms with Gasteiger partial charge in [0.15, 0.2) is 11.9 Å². The SMILES string of the molecule is CCCn1c(=O)n(C2OC([C@@H](OC(C)=O)C(F)(F)F)CC2OC(C)=O)c2nc(N)ncc21. The van der Waals surface area contributed by atoms with Gasteiger partial charge in [0.2, 0.25) is 12.1 Å². The third kappa shape index (κ3) is 4.54. The number of esters is 2. The average molecular weight is 461 g/mol. The molecule has 1 aliphatic rings. The first-order valence-electron chi connectivity index (χ1n) is 9.73. The molecule has 11 nitrogen and oxygen atoms in total. The maximum Gasteiger partial charge on any atom is 0.428 e. The van der Waals surface area contributed by atoms with Gasteiger partial charge in [-0.25, -0.2) is 14.3 Å². The molecule has 1 aliphatic heterocycles. The summed E-state index contributed by atoms with van der Waals surface area (Å²) in [6, 6.07) is 0. The fourth-order valence-corrected chi connectivity index (χ4v) is 3.68. The second-order valence-corrected chi connectivity index (χ2v) is 7.26. The van der Waals surface area contributed by atoms with Gasteiger partial charge in [0.05, 0.1) is 6.20 Å². The highest BCUT2D eigenvalue weighted by molar-refractivity contribution is 5.72. The largest absolute Gasteiger partial charge is 0.458 e. The Bertz CT molecular complexity index is 1080. The van der Waals surface area contributed by atoms with E-state index in [4.69, 9.17) is 15.2 Å². The average Bonchev–Trinajstić information content (AvgIpc) is 3.17. The summed E-state index contributed by atoms with van der Waals surface area (Å²) in [5.74, 6) is -2.13. The third-order valence-corrected chi connectivity index (χ3v) is 4.79. The predicted octanol–water partition coefficient (Wildman–Crippen LogP) is 1.30. The van der Waals surface area contributed by atoms with Crippen LogP contribution < -0.4 is 11.4 Å². The van der Waals surface area contributed by atoms with Crippen LogP contribution in [0.25, 0.3) is 11.2 Å². The van der Waals surface area contributed by atoms with Gasteiger partial charge in [-0.2, -0.15) is 18.2 Å².